The average Bonchev–Trinajstić information content (AvgIpc) is 1.61. The lowest BCUT2D eigenvalue weighted by atomic mass is 9.88. The van der Waals surface area contributed by atoms with Gasteiger partial charge in [0.15, 0.2) is 5.82 Å². The molecule has 0 atom stereocenters. The Balaban J connectivity index is 0.635. The third-order valence-electron chi connectivity index (χ3n) is 17.3. The predicted octanol–water partition coefficient (Wildman–Crippen LogP) is 9.77. The number of fused-ring (bicyclic) bond motifs is 2. The van der Waals surface area contributed by atoms with Crippen molar-refractivity contribution in [2.75, 3.05) is 76.2 Å². The zero-order chi connectivity index (χ0) is 62.6. The number of nitrogens with one attached hydrogen (secondary N) is 3. The monoisotopic (exact) mass is 1260 g/mol. The zero-order valence-electron chi connectivity index (χ0n) is 50.9. The van der Waals surface area contributed by atoms with Crippen LogP contribution in [0.1, 0.15) is 139 Å². The van der Waals surface area contributed by atoms with E-state index >= 15 is 8.78 Å². The fourth-order valence-corrected chi connectivity index (χ4v) is 14.2. The number of thiazole rings is 1. The number of carbonyl (C=O) groups is 6. The summed E-state index contributed by atoms with van der Waals surface area (Å²) in [5.74, 6) is -1.60. The molecule has 5 amide bonds. The molecule has 0 aliphatic carbocycles. The molecule has 4 aliphatic heterocycles. The molecule has 3 aromatic carbocycles. The van der Waals surface area contributed by atoms with Crippen molar-refractivity contribution >= 4 is 92.2 Å². The molecule has 7 aromatic rings. The van der Waals surface area contributed by atoms with Crippen molar-refractivity contribution in [3.05, 3.63) is 89.3 Å². The minimum Gasteiger partial charge on any atom is -0.468 e. The standard InChI is InChI=1S/C64H78F2N14O7S2/c1-4-34-88-75-48-18-14-17-45(59(48)66)61-62(49-23-29-69-64(67)72-49)89-63(73-61)42-24-30-77(31-25-42)54(83)20-12-10-8-6-5-7-9-11-13-28-68-52(81)21-22-56(85)80-32-26-41(27-33-80)60-58-44(46-36-51-43(35-47(46)65)37-71-79(51)80)16-15-19-50(58)78(74-60)40-55(84)76(2)39-53(82)70-38-57(86)87-3/h14-19,23,29,35-37,41-42,75H,4-13,20-22,24-28,30-34,38-40H2,1-3H3,(H3-,67,68,69,70,72,81,82)/p+1. The first-order chi connectivity index (χ1) is 43.2. The fraction of sp³-hybridized carbons (Fsp3) is 0.484. The molecule has 0 radical (unpaired) electrons. The van der Waals surface area contributed by atoms with Crippen LogP contribution in [0.25, 0.3) is 54.8 Å². The summed E-state index contributed by atoms with van der Waals surface area (Å²) in [4.78, 5) is 98.1. The van der Waals surface area contributed by atoms with Crippen molar-refractivity contribution in [1.29, 1.82) is 0 Å². The predicted molar refractivity (Wildman–Crippen MR) is 342 cm³/mol. The number of nitrogens with two attached hydrogens (primary N) is 1. The molecule has 11 rings (SSSR count). The van der Waals surface area contributed by atoms with Gasteiger partial charge in [0.2, 0.25) is 29.6 Å². The number of nitrogens with zero attached hydrogens (tertiary/aromatic N) is 10. The third kappa shape index (κ3) is 14.9. The number of nitrogen functional groups attached to an aromatic ring is 1. The van der Waals surface area contributed by atoms with Crippen LogP contribution in [0.2, 0.25) is 0 Å². The number of esters is 1. The maximum Gasteiger partial charge on any atom is 0.340 e. The van der Waals surface area contributed by atoms with Gasteiger partial charge in [-0.15, -0.1) is 21.0 Å². The second-order valence-corrected chi connectivity index (χ2v) is 25.3. The van der Waals surface area contributed by atoms with Gasteiger partial charge in [-0.2, -0.15) is 5.10 Å². The highest BCUT2D eigenvalue weighted by Crippen LogP contribution is 2.45. The van der Waals surface area contributed by atoms with E-state index in [0.717, 1.165) is 92.7 Å². The summed E-state index contributed by atoms with van der Waals surface area (Å²) in [6.45, 7) is 3.79. The molecule has 4 aromatic heterocycles. The number of aromatic nitrogens is 7. The summed E-state index contributed by atoms with van der Waals surface area (Å²) in [6.07, 6.45) is 16.4. The van der Waals surface area contributed by atoms with Crippen LogP contribution in [-0.2, 0) is 40.0 Å². The fourth-order valence-electron chi connectivity index (χ4n) is 12.4. The number of methoxy groups -OCH3 is 1. The Labute approximate surface area is 524 Å². The number of amides is 5. The van der Waals surface area contributed by atoms with Crippen LogP contribution < -0.4 is 25.7 Å². The second-order valence-electron chi connectivity index (χ2n) is 23.4. The van der Waals surface area contributed by atoms with E-state index in [1.54, 1.807) is 52.2 Å². The molecular formula is C64H79F2N14O7S2+. The van der Waals surface area contributed by atoms with Crippen molar-refractivity contribution in [3.63, 3.8) is 0 Å². The Bertz CT molecular complexity index is 3710. The molecule has 4 aliphatic rings. The zero-order valence-corrected chi connectivity index (χ0v) is 52.5. The summed E-state index contributed by atoms with van der Waals surface area (Å²) < 4.78 is 41.5. The number of hydrogen-bond donors (Lipinski definition) is 4. The molecule has 0 saturated carbocycles. The number of ether oxygens (including phenoxy) is 1. The number of benzene rings is 3. The smallest absolute Gasteiger partial charge is 0.340 e. The van der Waals surface area contributed by atoms with Crippen molar-refractivity contribution in [1.82, 2.24) is 59.6 Å². The van der Waals surface area contributed by atoms with E-state index in [9.17, 15) is 28.8 Å². The Kier molecular flexibility index (Phi) is 21.3. The van der Waals surface area contributed by atoms with E-state index in [-0.39, 0.29) is 78.4 Å². The van der Waals surface area contributed by atoms with Gasteiger partial charge in [-0.25, -0.2) is 28.5 Å². The first kappa shape index (κ1) is 64.1. The molecule has 0 unspecified atom stereocenters. The molecule has 2 saturated heterocycles. The largest absolute Gasteiger partial charge is 0.468 e. The van der Waals surface area contributed by atoms with E-state index in [1.807, 2.05) is 23.1 Å². The van der Waals surface area contributed by atoms with Crippen LogP contribution in [0, 0.1) is 11.6 Å². The molecular weight excluding hydrogens is 1180 g/mol. The molecule has 8 heterocycles. The van der Waals surface area contributed by atoms with Gasteiger partial charge < -0.3 is 35.6 Å². The summed E-state index contributed by atoms with van der Waals surface area (Å²) in [6, 6.07) is 15.7. The van der Waals surface area contributed by atoms with Gasteiger partial charge in [0.25, 0.3) is 0 Å². The molecule has 25 heteroatoms. The number of carbonyl (C=O) groups excluding carboxylic acids is 6. The van der Waals surface area contributed by atoms with Crippen LogP contribution in [0.4, 0.5) is 20.4 Å². The van der Waals surface area contributed by atoms with Gasteiger partial charge in [-0.1, -0.05) is 86.8 Å². The highest BCUT2D eigenvalue weighted by atomic mass is 32.2. The van der Waals surface area contributed by atoms with Crippen LogP contribution in [-0.4, -0.2) is 146 Å². The summed E-state index contributed by atoms with van der Waals surface area (Å²) >= 11 is 2.97. The molecule has 21 nitrogen and oxygen atoms in total. The minimum atomic E-state index is -0.616. The molecule has 4 bridgehead atoms. The van der Waals surface area contributed by atoms with Crippen molar-refractivity contribution in [2.45, 2.75) is 134 Å². The van der Waals surface area contributed by atoms with Crippen molar-refractivity contribution in [3.8, 4) is 33.0 Å². The van der Waals surface area contributed by atoms with Gasteiger partial charge in [0.1, 0.15) is 37.5 Å². The minimum absolute atomic E-state index is 0.00771. The molecule has 472 valence electrons. The Morgan fingerprint density at radius 1 is 0.820 bits per heavy atom. The van der Waals surface area contributed by atoms with Crippen LogP contribution in [0.15, 0.2) is 67.0 Å². The number of anilines is 2. The van der Waals surface area contributed by atoms with E-state index < -0.39 is 23.6 Å². The lowest BCUT2D eigenvalue weighted by Gasteiger charge is -2.39. The molecule has 0 spiro atoms. The van der Waals surface area contributed by atoms with E-state index in [1.165, 1.54) is 48.4 Å². The molecule has 89 heavy (non-hydrogen) atoms. The summed E-state index contributed by atoms with van der Waals surface area (Å²) in [5, 5.41) is 17.3. The van der Waals surface area contributed by atoms with E-state index in [2.05, 4.69) is 37.0 Å². The topological polar surface area (TPSA) is 255 Å². The van der Waals surface area contributed by atoms with Gasteiger partial charge in [-0.3, -0.25) is 28.7 Å². The van der Waals surface area contributed by atoms with Crippen molar-refractivity contribution < 1.29 is 42.3 Å². The number of likely N-dealkylation sites (tertiary alicyclic amines) is 1. The Hall–Kier alpha value is -7.90. The third-order valence-corrected chi connectivity index (χ3v) is 19.6. The quantitative estimate of drug-likeness (QED) is 0.0154. The van der Waals surface area contributed by atoms with Gasteiger partial charge in [-0.05, 0) is 74.1 Å². The number of unbranched alkanes of at least 4 members (excludes halogenated alkanes) is 8. The molecule has 5 N–H and O–H groups in total. The van der Waals surface area contributed by atoms with Crippen LogP contribution in [0.5, 0.6) is 0 Å². The van der Waals surface area contributed by atoms with Gasteiger partial charge in [0, 0.05) is 98.1 Å². The Morgan fingerprint density at radius 3 is 2.29 bits per heavy atom. The van der Waals surface area contributed by atoms with E-state index in [0.29, 0.717) is 113 Å². The van der Waals surface area contributed by atoms with Crippen LogP contribution in [0.3, 0.4) is 0 Å². The number of halogens is 2. The molecule has 2 fully saturated rings. The normalized spacial score (nSPS) is 16.4. The second kappa shape index (κ2) is 29.6. The summed E-state index contributed by atoms with van der Waals surface area (Å²) in [5.41, 5.74) is 10.7. The lowest BCUT2D eigenvalue weighted by Crippen LogP contribution is -2.65. The first-order valence-corrected chi connectivity index (χ1v) is 32.9. The maximum atomic E-state index is 16.3. The first-order valence-electron chi connectivity index (χ1n) is 31.1. The average molecular weight is 1260 g/mol. The maximum absolute atomic E-state index is 16.3. The number of likely N-dealkylation sites (N-methyl/N-ethyl adjacent to an activating group) is 1. The van der Waals surface area contributed by atoms with Gasteiger partial charge in [0.05, 0.1) is 64.4 Å². The SMILES string of the molecule is CCCSNc1cccc(-c2nc(C3CCN(C(=O)CCCCCCCCCCCNC(=O)CCC(=O)[N+]45CCC(CC4)c4nn(CC(=O)N(C)CC(=O)NCC(=O)OC)c6cccc(c46)-c4cc6c(cnn65)cc4F)CC3)sc2-c2ccnc(N)n2)c1F. The van der Waals surface area contributed by atoms with Gasteiger partial charge >= 0.3 is 11.9 Å². The van der Waals surface area contributed by atoms with E-state index in [4.69, 9.17) is 20.9 Å². The Morgan fingerprint density at radius 2 is 1.55 bits per heavy atom. The number of hydrogen-bond acceptors (Lipinski definition) is 16. The number of piperidine rings is 2. The lowest BCUT2D eigenvalue weighted by molar-refractivity contribution is -0.142. The highest BCUT2D eigenvalue weighted by molar-refractivity contribution is 8.00. The summed E-state index contributed by atoms with van der Waals surface area (Å²) in [7, 11) is 2.70. The number of rotatable bonds is 28. The highest BCUT2D eigenvalue weighted by Gasteiger charge is 2.46. The van der Waals surface area contributed by atoms with Crippen LogP contribution >= 0.6 is 23.3 Å². The van der Waals surface area contributed by atoms with Crippen molar-refractivity contribution in [2.24, 2.45) is 0 Å². The number of quaternary nitrogens is 1.